The third kappa shape index (κ3) is 5.63. The molecule has 0 spiro atoms. The summed E-state index contributed by atoms with van der Waals surface area (Å²) < 4.78 is 76.8. The Balaban J connectivity index is 2.33. The molecule has 3 nitrogen and oxygen atoms in total. The molecule has 0 bridgehead atoms. The smallest absolute Gasteiger partial charge is 0.327 e. The Bertz CT molecular complexity index is 820. The molecule has 28 heavy (non-hydrogen) atoms. The largest absolute Gasteiger partial charge is 0.416 e. The van der Waals surface area contributed by atoms with Crippen LogP contribution in [0.4, 0.5) is 31.1 Å². The summed E-state index contributed by atoms with van der Waals surface area (Å²) in [5.41, 5.74) is -0.135. The minimum atomic E-state index is -4.63. The molecule has 10 heteroatoms. The van der Waals surface area contributed by atoms with Gasteiger partial charge in [0.05, 0.1) is 11.6 Å². The van der Waals surface area contributed by atoms with E-state index in [-0.39, 0.29) is 5.56 Å². The van der Waals surface area contributed by atoms with Gasteiger partial charge in [-0.05, 0) is 36.2 Å². The highest BCUT2D eigenvalue weighted by molar-refractivity contribution is 9.10. The van der Waals surface area contributed by atoms with Crippen LogP contribution in [0.2, 0.25) is 0 Å². The van der Waals surface area contributed by atoms with Crippen LogP contribution in [-0.4, -0.2) is 18.2 Å². The second-order valence-electron chi connectivity index (χ2n) is 5.96. The van der Waals surface area contributed by atoms with E-state index in [4.69, 9.17) is 0 Å². The summed E-state index contributed by atoms with van der Waals surface area (Å²) in [6.07, 6.45) is -9.16. The van der Waals surface area contributed by atoms with Gasteiger partial charge in [0.25, 0.3) is 0 Å². The van der Waals surface area contributed by atoms with Crippen molar-refractivity contribution in [3.63, 3.8) is 0 Å². The predicted molar refractivity (Wildman–Crippen MR) is 94.6 cm³/mol. The van der Waals surface area contributed by atoms with E-state index < -0.39 is 36.0 Å². The fourth-order valence-corrected chi connectivity index (χ4v) is 2.88. The number of benzene rings is 2. The summed E-state index contributed by atoms with van der Waals surface area (Å²) in [4.78, 5) is 12.1. The number of carbonyl (C=O) groups is 1. The van der Waals surface area contributed by atoms with Crippen LogP contribution in [-0.2, 0) is 6.18 Å². The number of halogens is 7. The lowest BCUT2D eigenvalue weighted by Crippen LogP contribution is -2.48. The number of alkyl halides is 6. The Labute approximate surface area is 165 Å². The number of hydrogen-bond donors (Lipinski definition) is 2. The minimum absolute atomic E-state index is 0.273. The lowest BCUT2D eigenvalue weighted by molar-refractivity contribution is -0.148. The van der Waals surface area contributed by atoms with Gasteiger partial charge in [0, 0.05) is 4.47 Å². The van der Waals surface area contributed by atoms with Gasteiger partial charge in [-0.15, -0.1) is 0 Å². The molecule has 0 aromatic heterocycles. The van der Waals surface area contributed by atoms with E-state index >= 15 is 0 Å². The molecule has 2 aromatic rings. The molecule has 2 amide bonds. The van der Waals surface area contributed by atoms with Gasteiger partial charge in [0.1, 0.15) is 6.04 Å². The van der Waals surface area contributed by atoms with Gasteiger partial charge in [-0.1, -0.05) is 46.3 Å². The van der Waals surface area contributed by atoms with Crippen LogP contribution in [0.1, 0.15) is 29.7 Å². The number of nitrogens with one attached hydrogen (secondary N) is 2. The standard InChI is InChI=1S/C18H15BrF6N2O/c1-10(17(20,21)22)26-16(28)27-15(13-4-2-3-5-14(13)19)11-6-8-12(9-7-11)18(23,24)25/h2-10,15H,1H3,(H2,26,27,28)/t10?,15-/m0/s1. The lowest BCUT2D eigenvalue weighted by Gasteiger charge is -2.24. The quantitative estimate of drug-likeness (QED) is 0.546. The molecular formula is C18H15BrF6N2O. The van der Waals surface area contributed by atoms with E-state index in [0.717, 1.165) is 19.1 Å². The maximum absolute atomic E-state index is 12.8. The van der Waals surface area contributed by atoms with Gasteiger partial charge in [0.2, 0.25) is 0 Å². The van der Waals surface area contributed by atoms with Crippen molar-refractivity contribution in [2.45, 2.75) is 31.4 Å². The van der Waals surface area contributed by atoms with Gasteiger partial charge in [-0.2, -0.15) is 26.3 Å². The predicted octanol–water partition coefficient (Wildman–Crippen LogP) is 5.81. The van der Waals surface area contributed by atoms with Crippen LogP contribution in [0, 0.1) is 0 Å². The zero-order valence-corrected chi connectivity index (χ0v) is 15.9. The van der Waals surface area contributed by atoms with E-state index in [2.05, 4.69) is 21.2 Å². The molecule has 0 heterocycles. The summed E-state index contributed by atoms with van der Waals surface area (Å²) >= 11 is 3.28. The second-order valence-corrected chi connectivity index (χ2v) is 6.81. The number of rotatable bonds is 4. The number of urea groups is 1. The molecule has 0 aliphatic rings. The third-order valence-electron chi connectivity index (χ3n) is 3.90. The zero-order valence-electron chi connectivity index (χ0n) is 14.3. The SMILES string of the molecule is CC(NC(=O)N[C@@H](c1ccc(C(F)(F)F)cc1)c1ccccc1Br)C(F)(F)F. The van der Waals surface area contributed by atoms with Crippen molar-refractivity contribution in [1.29, 1.82) is 0 Å². The molecular weight excluding hydrogens is 454 g/mol. The van der Waals surface area contributed by atoms with Crippen molar-refractivity contribution in [3.8, 4) is 0 Å². The Hall–Kier alpha value is -2.23. The van der Waals surface area contributed by atoms with E-state index in [1.54, 1.807) is 29.6 Å². The van der Waals surface area contributed by atoms with Crippen molar-refractivity contribution in [1.82, 2.24) is 10.6 Å². The summed E-state index contributed by atoms with van der Waals surface area (Å²) in [5.74, 6) is 0. The maximum Gasteiger partial charge on any atom is 0.416 e. The van der Waals surface area contributed by atoms with Crippen molar-refractivity contribution in [3.05, 3.63) is 69.7 Å². The average Bonchev–Trinajstić information content (AvgIpc) is 2.59. The molecule has 2 rings (SSSR count). The molecule has 0 fully saturated rings. The van der Waals surface area contributed by atoms with Gasteiger partial charge in [0.15, 0.2) is 0 Å². The first-order chi connectivity index (χ1) is 12.9. The van der Waals surface area contributed by atoms with Crippen molar-refractivity contribution in [2.24, 2.45) is 0 Å². The van der Waals surface area contributed by atoms with Gasteiger partial charge in [-0.25, -0.2) is 4.79 Å². The Morgan fingerprint density at radius 3 is 2.00 bits per heavy atom. The van der Waals surface area contributed by atoms with Gasteiger partial charge in [-0.3, -0.25) is 0 Å². The van der Waals surface area contributed by atoms with Crippen LogP contribution in [0.5, 0.6) is 0 Å². The fraction of sp³-hybridized carbons (Fsp3) is 0.278. The Morgan fingerprint density at radius 1 is 0.929 bits per heavy atom. The van der Waals surface area contributed by atoms with Gasteiger partial charge < -0.3 is 10.6 Å². The second kappa shape index (κ2) is 8.42. The highest BCUT2D eigenvalue weighted by Gasteiger charge is 2.37. The number of hydrogen-bond acceptors (Lipinski definition) is 1. The molecule has 0 aliphatic heterocycles. The van der Waals surface area contributed by atoms with E-state index in [1.165, 1.54) is 12.1 Å². The molecule has 0 radical (unpaired) electrons. The van der Waals surface area contributed by atoms with Crippen LogP contribution < -0.4 is 10.6 Å². The van der Waals surface area contributed by atoms with Crippen LogP contribution >= 0.6 is 15.9 Å². The van der Waals surface area contributed by atoms with Crippen LogP contribution in [0.15, 0.2) is 53.0 Å². The number of carbonyl (C=O) groups excluding carboxylic acids is 1. The zero-order chi connectivity index (χ0) is 21.1. The topological polar surface area (TPSA) is 41.1 Å². The molecule has 0 aliphatic carbocycles. The summed E-state index contributed by atoms with van der Waals surface area (Å²) in [6, 6.07) is 6.40. The molecule has 0 saturated heterocycles. The summed E-state index contributed by atoms with van der Waals surface area (Å²) in [7, 11) is 0. The summed E-state index contributed by atoms with van der Waals surface area (Å²) in [5, 5.41) is 4.16. The third-order valence-corrected chi connectivity index (χ3v) is 4.62. The molecule has 2 aromatic carbocycles. The first-order valence-electron chi connectivity index (χ1n) is 7.95. The van der Waals surface area contributed by atoms with E-state index in [1.807, 2.05) is 0 Å². The minimum Gasteiger partial charge on any atom is -0.327 e. The highest BCUT2D eigenvalue weighted by atomic mass is 79.9. The fourth-order valence-electron chi connectivity index (χ4n) is 2.37. The highest BCUT2D eigenvalue weighted by Crippen LogP contribution is 2.33. The first kappa shape index (κ1) is 22.1. The average molecular weight is 469 g/mol. The molecule has 1 unspecified atom stereocenters. The molecule has 0 saturated carbocycles. The van der Waals surface area contributed by atoms with Gasteiger partial charge >= 0.3 is 18.4 Å². The normalized spacial score (nSPS) is 14.3. The van der Waals surface area contributed by atoms with Crippen molar-refractivity contribution < 1.29 is 31.1 Å². The Morgan fingerprint density at radius 2 is 1.50 bits per heavy atom. The molecule has 152 valence electrons. The van der Waals surface area contributed by atoms with Crippen LogP contribution in [0.3, 0.4) is 0 Å². The van der Waals surface area contributed by atoms with E-state index in [0.29, 0.717) is 10.0 Å². The number of amides is 2. The first-order valence-corrected chi connectivity index (χ1v) is 8.74. The molecule has 2 N–H and O–H groups in total. The maximum atomic E-state index is 12.8. The van der Waals surface area contributed by atoms with Crippen molar-refractivity contribution in [2.75, 3.05) is 0 Å². The van der Waals surface area contributed by atoms with Crippen LogP contribution in [0.25, 0.3) is 0 Å². The molecule has 2 atom stereocenters. The lowest BCUT2D eigenvalue weighted by atomic mass is 9.97. The van der Waals surface area contributed by atoms with E-state index in [9.17, 15) is 31.1 Å². The Kier molecular flexibility index (Phi) is 6.63. The summed E-state index contributed by atoms with van der Waals surface area (Å²) in [6.45, 7) is 0.783. The monoisotopic (exact) mass is 468 g/mol. The van der Waals surface area contributed by atoms with Crippen molar-refractivity contribution >= 4 is 22.0 Å².